The average molecular weight is 342 g/mol. The highest BCUT2D eigenvalue weighted by Crippen LogP contribution is 2.31. The molecule has 0 heterocycles. The van der Waals surface area contributed by atoms with E-state index in [1.165, 1.54) is 12.0 Å². The lowest BCUT2D eigenvalue weighted by Gasteiger charge is -2.17. The van der Waals surface area contributed by atoms with Crippen molar-refractivity contribution < 1.29 is 19.1 Å². The molecule has 25 heavy (non-hydrogen) atoms. The van der Waals surface area contributed by atoms with Crippen LogP contribution in [0.25, 0.3) is 0 Å². The maximum atomic E-state index is 12.3. The number of amides is 2. The minimum absolute atomic E-state index is 0.229. The number of carbonyl (C=O) groups excluding carboxylic acids is 2. The monoisotopic (exact) mass is 342 g/mol. The number of hydrogen-bond acceptors (Lipinski definition) is 4. The number of anilines is 1. The van der Waals surface area contributed by atoms with Gasteiger partial charge in [0.2, 0.25) is 0 Å². The van der Waals surface area contributed by atoms with Crippen molar-refractivity contribution >= 4 is 17.5 Å². The molecule has 2 aromatic carbocycles. The third-order valence-corrected chi connectivity index (χ3v) is 3.52. The number of nitrogens with zero attached hydrogens (tertiary/aromatic N) is 1. The van der Waals surface area contributed by atoms with Gasteiger partial charge in [-0.05, 0) is 31.2 Å². The fourth-order valence-corrected chi connectivity index (χ4v) is 2.21. The van der Waals surface area contributed by atoms with E-state index in [0.717, 1.165) is 5.56 Å². The van der Waals surface area contributed by atoms with Gasteiger partial charge in [-0.1, -0.05) is 23.8 Å². The molecule has 2 aromatic rings. The molecule has 0 bridgehead atoms. The van der Waals surface area contributed by atoms with Crippen LogP contribution in [-0.2, 0) is 4.79 Å². The van der Waals surface area contributed by atoms with Crippen molar-refractivity contribution in [2.24, 2.45) is 0 Å². The van der Waals surface area contributed by atoms with E-state index in [2.05, 4.69) is 5.32 Å². The van der Waals surface area contributed by atoms with Crippen LogP contribution in [0.1, 0.15) is 15.9 Å². The Kier molecular flexibility index (Phi) is 6.00. The predicted molar refractivity (Wildman–Crippen MR) is 96.3 cm³/mol. The molecule has 0 aliphatic carbocycles. The quantitative estimate of drug-likeness (QED) is 0.876. The van der Waals surface area contributed by atoms with Crippen LogP contribution < -0.4 is 14.8 Å². The molecule has 1 N–H and O–H groups in total. The number of aryl methyl sites for hydroxylation is 1. The normalized spacial score (nSPS) is 10.1. The van der Waals surface area contributed by atoms with Gasteiger partial charge in [-0.3, -0.25) is 9.59 Å². The average Bonchev–Trinajstić information content (AvgIpc) is 2.60. The van der Waals surface area contributed by atoms with Crippen LogP contribution in [0.5, 0.6) is 11.5 Å². The first kappa shape index (κ1) is 18.3. The first-order chi connectivity index (χ1) is 11.9. The number of methoxy groups -OCH3 is 1. The van der Waals surface area contributed by atoms with E-state index < -0.39 is 0 Å². The maximum absolute atomic E-state index is 12.3. The molecule has 0 saturated heterocycles. The molecule has 0 fully saturated rings. The van der Waals surface area contributed by atoms with Crippen molar-refractivity contribution in [2.75, 3.05) is 33.1 Å². The van der Waals surface area contributed by atoms with Crippen LogP contribution in [0.3, 0.4) is 0 Å². The number of para-hydroxylation sites is 1. The topological polar surface area (TPSA) is 67.9 Å². The standard InChI is InChI=1S/C19H22N2O4/c1-13-8-10-14(11-9-13)20-17(22)12-25-18-15(19(23)21(2)3)6-5-7-16(18)24-4/h5-11H,12H2,1-4H3,(H,20,22). The third kappa shape index (κ3) is 4.73. The maximum Gasteiger partial charge on any atom is 0.262 e. The zero-order valence-electron chi connectivity index (χ0n) is 14.8. The van der Waals surface area contributed by atoms with Crippen molar-refractivity contribution in [3.63, 3.8) is 0 Å². The van der Waals surface area contributed by atoms with Gasteiger partial charge in [-0.25, -0.2) is 0 Å². The summed E-state index contributed by atoms with van der Waals surface area (Å²) in [5.41, 5.74) is 2.13. The fraction of sp³-hybridized carbons (Fsp3) is 0.263. The highest BCUT2D eigenvalue weighted by atomic mass is 16.5. The number of carbonyl (C=O) groups is 2. The van der Waals surface area contributed by atoms with Gasteiger partial charge in [0.05, 0.1) is 12.7 Å². The minimum Gasteiger partial charge on any atom is -0.493 e. The fourth-order valence-electron chi connectivity index (χ4n) is 2.21. The molecule has 0 unspecified atom stereocenters. The molecular formula is C19H22N2O4. The van der Waals surface area contributed by atoms with E-state index in [-0.39, 0.29) is 24.2 Å². The van der Waals surface area contributed by atoms with Crippen molar-refractivity contribution in [3.05, 3.63) is 53.6 Å². The predicted octanol–water partition coefficient (Wildman–Crippen LogP) is 2.72. The van der Waals surface area contributed by atoms with Crippen molar-refractivity contribution in [1.29, 1.82) is 0 Å². The molecular weight excluding hydrogens is 320 g/mol. The Labute approximate surface area is 147 Å². The molecule has 6 heteroatoms. The zero-order chi connectivity index (χ0) is 18.4. The van der Waals surface area contributed by atoms with E-state index >= 15 is 0 Å². The Morgan fingerprint density at radius 1 is 1.08 bits per heavy atom. The van der Waals surface area contributed by atoms with Gasteiger partial charge in [0.25, 0.3) is 11.8 Å². The molecule has 0 aliphatic heterocycles. The Morgan fingerprint density at radius 2 is 1.76 bits per heavy atom. The van der Waals surface area contributed by atoms with Crippen LogP contribution >= 0.6 is 0 Å². The number of hydrogen-bond donors (Lipinski definition) is 1. The number of nitrogens with one attached hydrogen (secondary N) is 1. The SMILES string of the molecule is COc1cccc(C(=O)N(C)C)c1OCC(=O)Nc1ccc(C)cc1. The summed E-state index contributed by atoms with van der Waals surface area (Å²) in [5, 5.41) is 2.75. The van der Waals surface area contributed by atoms with Gasteiger partial charge in [0, 0.05) is 19.8 Å². The van der Waals surface area contributed by atoms with Crippen molar-refractivity contribution in [2.45, 2.75) is 6.92 Å². The number of benzene rings is 2. The van der Waals surface area contributed by atoms with Crippen LogP contribution in [0.15, 0.2) is 42.5 Å². The van der Waals surface area contributed by atoms with Gasteiger partial charge in [0.1, 0.15) is 0 Å². The molecule has 0 aliphatic rings. The lowest BCUT2D eigenvalue weighted by molar-refractivity contribution is -0.118. The molecule has 2 amide bonds. The van der Waals surface area contributed by atoms with Gasteiger partial charge in [0.15, 0.2) is 18.1 Å². The molecule has 0 radical (unpaired) electrons. The summed E-state index contributed by atoms with van der Waals surface area (Å²) in [6, 6.07) is 12.5. The smallest absolute Gasteiger partial charge is 0.262 e. The second-order valence-electron chi connectivity index (χ2n) is 5.74. The van der Waals surface area contributed by atoms with E-state index in [0.29, 0.717) is 17.0 Å². The van der Waals surface area contributed by atoms with Crippen molar-refractivity contribution in [1.82, 2.24) is 4.90 Å². The minimum atomic E-state index is -0.321. The Bertz CT molecular complexity index is 755. The van der Waals surface area contributed by atoms with Crippen LogP contribution in [0.4, 0.5) is 5.69 Å². The summed E-state index contributed by atoms with van der Waals surface area (Å²) in [4.78, 5) is 25.8. The largest absolute Gasteiger partial charge is 0.493 e. The second kappa shape index (κ2) is 8.19. The zero-order valence-corrected chi connectivity index (χ0v) is 14.8. The summed E-state index contributed by atoms with van der Waals surface area (Å²) < 4.78 is 10.9. The highest BCUT2D eigenvalue weighted by Gasteiger charge is 2.19. The van der Waals surface area contributed by atoms with Gasteiger partial charge in [-0.15, -0.1) is 0 Å². The second-order valence-corrected chi connectivity index (χ2v) is 5.74. The van der Waals surface area contributed by atoms with E-state index in [1.54, 1.807) is 32.3 Å². The molecule has 2 rings (SSSR count). The molecule has 0 aromatic heterocycles. The first-order valence-corrected chi connectivity index (χ1v) is 7.80. The summed E-state index contributed by atoms with van der Waals surface area (Å²) >= 11 is 0. The van der Waals surface area contributed by atoms with Gasteiger partial charge >= 0.3 is 0 Å². The molecule has 0 saturated carbocycles. The first-order valence-electron chi connectivity index (χ1n) is 7.80. The lowest BCUT2D eigenvalue weighted by atomic mass is 10.1. The summed E-state index contributed by atoms with van der Waals surface area (Å²) in [7, 11) is 4.78. The Morgan fingerprint density at radius 3 is 2.36 bits per heavy atom. The summed E-state index contributed by atoms with van der Waals surface area (Å²) in [6.45, 7) is 1.74. The van der Waals surface area contributed by atoms with Crippen LogP contribution in [0.2, 0.25) is 0 Å². The highest BCUT2D eigenvalue weighted by molar-refractivity contribution is 5.98. The lowest BCUT2D eigenvalue weighted by Crippen LogP contribution is -2.24. The Balaban J connectivity index is 2.12. The van der Waals surface area contributed by atoms with E-state index in [1.807, 2.05) is 31.2 Å². The van der Waals surface area contributed by atoms with E-state index in [9.17, 15) is 9.59 Å². The van der Waals surface area contributed by atoms with E-state index in [4.69, 9.17) is 9.47 Å². The van der Waals surface area contributed by atoms with Crippen LogP contribution in [-0.4, -0.2) is 44.5 Å². The molecule has 6 nitrogen and oxygen atoms in total. The van der Waals surface area contributed by atoms with Gasteiger partial charge < -0.3 is 19.7 Å². The van der Waals surface area contributed by atoms with Gasteiger partial charge in [-0.2, -0.15) is 0 Å². The van der Waals surface area contributed by atoms with Crippen molar-refractivity contribution in [3.8, 4) is 11.5 Å². The Hall–Kier alpha value is -3.02. The molecule has 0 spiro atoms. The number of rotatable bonds is 6. The summed E-state index contributed by atoms with van der Waals surface area (Å²) in [6.07, 6.45) is 0. The summed E-state index contributed by atoms with van der Waals surface area (Å²) in [5.74, 6) is 0.101. The number of ether oxygens (including phenoxy) is 2. The third-order valence-electron chi connectivity index (χ3n) is 3.52. The molecule has 132 valence electrons. The molecule has 0 atom stereocenters. The van der Waals surface area contributed by atoms with Crippen LogP contribution in [0, 0.1) is 6.92 Å².